The molecule has 0 spiro atoms. The van der Waals surface area contributed by atoms with Crippen molar-refractivity contribution in [3.8, 4) is 16.8 Å². The molecular weight excluding hydrogens is 617 g/mol. The largest absolute Gasteiger partial charge is 0.355 e. The molecule has 1 aliphatic rings. The lowest BCUT2D eigenvalue weighted by molar-refractivity contribution is 1.21. The zero-order valence-corrected chi connectivity index (χ0v) is 28.0. The lowest BCUT2D eigenvalue weighted by Gasteiger charge is -2.26. The summed E-state index contributed by atoms with van der Waals surface area (Å²) in [5.74, 6) is 0. The Morgan fingerprint density at radius 1 is 0.471 bits per heavy atom. The Labute approximate surface area is 294 Å². The molecule has 1 N–H and O–H groups in total. The molecule has 0 saturated heterocycles. The number of nitrogens with one attached hydrogen (secondary N) is 1. The van der Waals surface area contributed by atoms with Gasteiger partial charge in [-0.25, -0.2) is 0 Å². The molecule has 0 fully saturated rings. The molecule has 0 atom stereocenters. The molecule has 12 rings (SSSR count). The highest BCUT2D eigenvalue weighted by molar-refractivity contribution is 6.74. The molecule has 0 saturated carbocycles. The first-order valence-electron chi connectivity index (χ1n) is 17.8. The maximum Gasteiger partial charge on any atom is 0.198 e. The number of rotatable bonds is 3. The van der Waals surface area contributed by atoms with E-state index in [0.717, 1.165) is 18.7 Å². The van der Waals surface area contributed by atoms with E-state index in [-0.39, 0.29) is 0 Å². The predicted molar refractivity (Wildman–Crippen MR) is 219 cm³/mol. The van der Waals surface area contributed by atoms with Crippen LogP contribution in [0.3, 0.4) is 0 Å². The second-order valence-corrected chi connectivity index (χ2v) is 14.2. The monoisotopic (exact) mass is 647 g/mol. The Kier molecular flexibility index (Phi) is 5.25. The quantitative estimate of drug-likeness (QED) is 0.189. The summed E-state index contributed by atoms with van der Waals surface area (Å²) in [7, 11) is 0.865. The van der Waals surface area contributed by atoms with Gasteiger partial charge in [0.1, 0.15) is 0 Å². The molecule has 4 heterocycles. The highest BCUT2D eigenvalue weighted by atomic mass is 15.0. The molecule has 3 nitrogen and oxygen atoms in total. The topological polar surface area (TPSA) is 21.4 Å². The molecule has 3 aromatic heterocycles. The van der Waals surface area contributed by atoms with Crippen LogP contribution < -0.4 is 16.2 Å². The van der Waals surface area contributed by atoms with Gasteiger partial charge in [-0.05, 0) is 65.3 Å². The summed E-state index contributed by atoms with van der Waals surface area (Å²) >= 11 is 0. The van der Waals surface area contributed by atoms with E-state index in [1.54, 1.807) is 0 Å². The summed E-state index contributed by atoms with van der Waals surface area (Å²) in [6.45, 7) is 2.19. The first kappa shape index (κ1) is 27.3. The van der Waals surface area contributed by atoms with Gasteiger partial charge in [0.05, 0.1) is 22.1 Å². The maximum absolute atomic E-state index is 3.97. The Morgan fingerprint density at radius 3 is 1.96 bits per heavy atom. The van der Waals surface area contributed by atoms with Gasteiger partial charge in [-0.15, -0.1) is 0 Å². The second kappa shape index (κ2) is 9.80. The number of aromatic nitrogens is 2. The number of hydrogen-bond acceptors (Lipinski definition) is 1. The number of anilines is 2. The van der Waals surface area contributed by atoms with E-state index in [9.17, 15) is 0 Å². The third-order valence-electron chi connectivity index (χ3n) is 11.6. The van der Waals surface area contributed by atoms with Crippen molar-refractivity contribution in [3.05, 3.63) is 157 Å². The number of fused-ring (bicyclic) bond motifs is 13. The number of nitrogens with zero attached hydrogens (tertiary/aromatic N) is 2. The van der Waals surface area contributed by atoms with E-state index in [2.05, 4.69) is 173 Å². The van der Waals surface area contributed by atoms with Crippen molar-refractivity contribution >= 4 is 100 Å². The van der Waals surface area contributed by atoms with Gasteiger partial charge in [0.25, 0.3) is 0 Å². The fourth-order valence-electron chi connectivity index (χ4n) is 9.36. The van der Waals surface area contributed by atoms with Crippen molar-refractivity contribution in [1.82, 2.24) is 8.97 Å². The van der Waals surface area contributed by atoms with Crippen LogP contribution in [0, 0.1) is 6.92 Å². The van der Waals surface area contributed by atoms with Crippen molar-refractivity contribution < 1.29 is 0 Å². The normalized spacial score (nSPS) is 12.6. The van der Waals surface area contributed by atoms with Gasteiger partial charge in [0.2, 0.25) is 0 Å². The Hall–Kier alpha value is -6.52. The summed E-state index contributed by atoms with van der Waals surface area (Å²) in [5, 5.41) is 14.3. The highest BCUT2D eigenvalue weighted by Gasteiger charge is 2.29. The fraction of sp³-hybridized carbons (Fsp3) is 0.0213. The lowest BCUT2D eigenvalue weighted by atomic mass is 9.58. The van der Waals surface area contributed by atoms with Gasteiger partial charge in [-0.1, -0.05) is 121 Å². The molecule has 0 bridgehead atoms. The van der Waals surface area contributed by atoms with Crippen molar-refractivity contribution in [1.29, 1.82) is 0 Å². The minimum atomic E-state index is 0.865. The molecule has 51 heavy (non-hydrogen) atoms. The van der Waals surface area contributed by atoms with Gasteiger partial charge in [-0.2, -0.15) is 0 Å². The summed E-state index contributed by atoms with van der Waals surface area (Å²) in [4.78, 5) is 0. The molecule has 0 unspecified atom stereocenters. The van der Waals surface area contributed by atoms with E-state index in [4.69, 9.17) is 0 Å². The average Bonchev–Trinajstić information content (AvgIpc) is 3.81. The minimum absolute atomic E-state index is 0.865. The molecule has 4 heteroatoms. The number of hydrogen-bond donors (Lipinski definition) is 1. The molecular formula is C47H30BN3. The highest BCUT2D eigenvalue weighted by Crippen LogP contribution is 2.45. The predicted octanol–water partition coefficient (Wildman–Crippen LogP) is 10.5. The number of para-hydroxylation sites is 5. The summed E-state index contributed by atoms with van der Waals surface area (Å²) < 4.78 is 5.04. The standard InChI is InChI=1S/C47H30BN3/c1-27-12-2-7-21-39(27)49-40-26-43-36(34-18-10-17-32-30-15-5-8-22-41(30)50(43)45(32)34)25-35(40)37-24-28-13-3-4-14-29(28)47-44(37)48-38-20-11-19-33-31-16-6-9-23-42(31)51(47)46(33)38/h2-26,48-49H,1H3. The van der Waals surface area contributed by atoms with Crippen LogP contribution in [0.1, 0.15) is 5.56 Å². The molecule has 1 aliphatic heterocycles. The van der Waals surface area contributed by atoms with Crippen LogP contribution in [0.5, 0.6) is 0 Å². The van der Waals surface area contributed by atoms with E-state index < -0.39 is 0 Å². The summed E-state index contributed by atoms with van der Waals surface area (Å²) in [6.07, 6.45) is 0. The maximum atomic E-state index is 3.97. The van der Waals surface area contributed by atoms with E-state index in [1.807, 2.05) is 0 Å². The van der Waals surface area contributed by atoms with Gasteiger partial charge in [0, 0.05) is 65.8 Å². The molecule has 0 radical (unpaired) electrons. The van der Waals surface area contributed by atoms with Crippen LogP contribution in [0.15, 0.2) is 152 Å². The molecule has 11 aromatic rings. The number of aryl methyl sites for hydroxylation is 1. The smallest absolute Gasteiger partial charge is 0.198 e. The number of benzene rings is 8. The van der Waals surface area contributed by atoms with Crippen LogP contribution in [0.25, 0.3) is 87.5 Å². The van der Waals surface area contributed by atoms with Gasteiger partial charge < -0.3 is 14.3 Å². The third kappa shape index (κ3) is 3.54. The van der Waals surface area contributed by atoms with E-state index >= 15 is 0 Å². The van der Waals surface area contributed by atoms with Crippen molar-refractivity contribution in [2.24, 2.45) is 0 Å². The zero-order valence-electron chi connectivity index (χ0n) is 28.0. The van der Waals surface area contributed by atoms with Crippen molar-refractivity contribution in [2.45, 2.75) is 6.92 Å². The van der Waals surface area contributed by atoms with Gasteiger partial charge in [0.15, 0.2) is 7.28 Å². The summed E-state index contributed by atoms with van der Waals surface area (Å²) in [6, 6.07) is 56.3. The van der Waals surface area contributed by atoms with Crippen molar-refractivity contribution in [2.75, 3.05) is 5.32 Å². The Bertz CT molecular complexity index is 3270. The van der Waals surface area contributed by atoms with Crippen LogP contribution in [-0.4, -0.2) is 16.2 Å². The Balaban J connectivity index is 1.24. The summed E-state index contributed by atoms with van der Waals surface area (Å²) in [5.41, 5.74) is 16.3. The first-order valence-corrected chi connectivity index (χ1v) is 17.8. The fourth-order valence-corrected chi connectivity index (χ4v) is 9.36. The van der Waals surface area contributed by atoms with Crippen LogP contribution >= 0.6 is 0 Å². The second-order valence-electron chi connectivity index (χ2n) is 14.2. The molecule has 0 amide bonds. The van der Waals surface area contributed by atoms with E-state index in [1.165, 1.54) is 104 Å². The van der Waals surface area contributed by atoms with Crippen molar-refractivity contribution in [3.63, 3.8) is 0 Å². The average molecular weight is 648 g/mol. The first-order chi connectivity index (χ1) is 25.2. The third-order valence-corrected chi connectivity index (χ3v) is 11.6. The van der Waals surface area contributed by atoms with Gasteiger partial charge >= 0.3 is 0 Å². The van der Waals surface area contributed by atoms with Gasteiger partial charge in [-0.3, -0.25) is 0 Å². The molecule has 0 aliphatic carbocycles. The Morgan fingerprint density at radius 2 is 1.12 bits per heavy atom. The molecule has 236 valence electrons. The zero-order chi connectivity index (χ0) is 33.4. The van der Waals surface area contributed by atoms with Crippen LogP contribution in [-0.2, 0) is 0 Å². The van der Waals surface area contributed by atoms with Crippen LogP contribution in [0.4, 0.5) is 11.4 Å². The van der Waals surface area contributed by atoms with Crippen LogP contribution in [0.2, 0.25) is 0 Å². The molecule has 8 aromatic carbocycles. The SMILES string of the molecule is Cc1ccccc1Nc1cc2c(cc1-c1cc3ccccc3c3c1Bc1cccc4c5ccccc5n-3c14)c1cccc3c4ccccc4n2c31. The lowest BCUT2D eigenvalue weighted by Crippen LogP contribution is -2.37. The van der Waals surface area contributed by atoms with E-state index in [0.29, 0.717) is 0 Å². The minimum Gasteiger partial charge on any atom is -0.355 e.